The summed E-state index contributed by atoms with van der Waals surface area (Å²) in [6, 6.07) is 11.9. The molecule has 0 spiro atoms. The van der Waals surface area contributed by atoms with Gasteiger partial charge in [0.05, 0.1) is 6.26 Å². The first-order valence-corrected chi connectivity index (χ1v) is 6.99. The molecule has 0 saturated heterocycles. The van der Waals surface area contributed by atoms with Crippen LogP contribution in [0.2, 0.25) is 0 Å². The number of nitrogens with zero attached hydrogens (tertiary/aromatic N) is 1. The second-order valence-electron chi connectivity index (χ2n) is 4.95. The number of amides is 1. The number of furan rings is 1. The van der Waals surface area contributed by atoms with E-state index >= 15 is 0 Å². The van der Waals surface area contributed by atoms with Crippen LogP contribution in [-0.2, 0) is 6.42 Å². The molecule has 0 atom stereocenters. The normalized spacial score (nSPS) is 13.3. The predicted octanol–water partition coefficient (Wildman–Crippen LogP) is 2.46. The molecule has 0 aliphatic carbocycles. The molecule has 1 N–H and O–H groups in total. The van der Waals surface area contributed by atoms with Crippen molar-refractivity contribution < 1.29 is 9.21 Å². The third-order valence-electron chi connectivity index (χ3n) is 3.62. The molecule has 1 aliphatic heterocycles. The highest BCUT2D eigenvalue weighted by molar-refractivity contribution is 5.91. The minimum absolute atomic E-state index is 0.142. The van der Waals surface area contributed by atoms with Crippen molar-refractivity contribution in [3.63, 3.8) is 0 Å². The van der Waals surface area contributed by atoms with Crippen LogP contribution in [0.5, 0.6) is 0 Å². The average Bonchev–Trinajstić information content (AvgIpc) is 3.13. The Labute approximate surface area is 118 Å². The summed E-state index contributed by atoms with van der Waals surface area (Å²) in [6.45, 7) is 2.71. The first-order valence-electron chi connectivity index (χ1n) is 6.99. The lowest BCUT2D eigenvalue weighted by Crippen LogP contribution is -2.28. The van der Waals surface area contributed by atoms with Crippen LogP contribution >= 0.6 is 0 Å². The Bertz CT molecular complexity index is 578. The highest BCUT2D eigenvalue weighted by Gasteiger charge is 2.17. The lowest BCUT2D eigenvalue weighted by atomic mass is 10.2. The van der Waals surface area contributed by atoms with E-state index in [9.17, 15) is 4.79 Å². The Hall–Kier alpha value is -2.23. The van der Waals surface area contributed by atoms with Crippen LogP contribution < -0.4 is 10.2 Å². The fraction of sp³-hybridized carbons (Fsp3) is 0.312. The van der Waals surface area contributed by atoms with Gasteiger partial charge < -0.3 is 14.6 Å². The third kappa shape index (κ3) is 2.69. The summed E-state index contributed by atoms with van der Waals surface area (Å²) in [7, 11) is 0. The maximum absolute atomic E-state index is 11.7. The molecular weight excluding hydrogens is 252 g/mol. The molecule has 1 aliphatic rings. The summed E-state index contributed by atoms with van der Waals surface area (Å²) in [5.74, 6) is 0.230. The number of anilines is 1. The number of nitrogens with one attached hydrogen (secondary N) is 1. The van der Waals surface area contributed by atoms with Gasteiger partial charge in [-0.3, -0.25) is 4.79 Å². The number of hydrogen-bond donors (Lipinski definition) is 1. The van der Waals surface area contributed by atoms with Crippen molar-refractivity contribution >= 4 is 11.6 Å². The molecule has 20 heavy (non-hydrogen) atoms. The number of fused-ring (bicyclic) bond motifs is 1. The minimum Gasteiger partial charge on any atom is -0.459 e. The second kappa shape index (κ2) is 5.82. The highest BCUT2D eigenvalue weighted by atomic mass is 16.3. The smallest absolute Gasteiger partial charge is 0.286 e. The molecule has 1 amide bonds. The molecule has 104 valence electrons. The second-order valence-corrected chi connectivity index (χ2v) is 4.95. The van der Waals surface area contributed by atoms with E-state index in [2.05, 4.69) is 34.5 Å². The number of carbonyl (C=O) groups is 1. The van der Waals surface area contributed by atoms with Crippen molar-refractivity contribution in [2.75, 3.05) is 24.5 Å². The number of benzene rings is 1. The largest absolute Gasteiger partial charge is 0.459 e. The Morgan fingerprint density at radius 1 is 1.25 bits per heavy atom. The lowest BCUT2D eigenvalue weighted by molar-refractivity contribution is 0.0925. The quantitative estimate of drug-likeness (QED) is 0.849. The summed E-state index contributed by atoms with van der Waals surface area (Å²) in [5, 5.41) is 2.87. The number of para-hydroxylation sites is 1. The lowest BCUT2D eigenvalue weighted by Gasteiger charge is -2.19. The van der Waals surface area contributed by atoms with E-state index in [4.69, 9.17) is 4.42 Å². The van der Waals surface area contributed by atoms with E-state index in [-0.39, 0.29) is 5.91 Å². The van der Waals surface area contributed by atoms with Gasteiger partial charge in [0.2, 0.25) is 0 Å². The SMILES string of the molecule is O=C(NCCCN1CCc2ccccc21)c1ccco1. The van der Waals surface area contributed by atoms with E-state index in [1.165, 1.54) is 17.5 Å². The monoisotopic (exact) mass is 270 g/mol. The van der Waals surface area contributed by atoms with Gasteiger partial charge in [0, 0.05) is 25.3 Å². The zero-order valence-corrected chi connectivity index (χ0v) is 11.3. The summed E-state index contributed by atoms with van der Waals surface area (Å²) in [5.41, 5.74) is 2.76. The standard InChI is InChI=1S/C16H18N2O2/c19-16(15-7-3-12-20-15)17-9-4-10-18-11-8-13-5-1-2-6-14(13)18/h1-3,5-7,12H,4,8-11H2,(H,17,19). The molecule has 0 fully saturated rings. The van der Waals surface area contributed by atoms with Gasteiger partial charge in [0.25, 0.3) is 5.91 Å². The zero-order chi connectivity index (χ0) is 13.8. The van der Waals surface area contributed by atoms with Crippen LogP contribution in [0.25, 0.3) is 0 Å². The number of rotatable bonds is 5. The Morgan fingerprint density at radius 3 is 3.00 bits per heavy atom. The van der Waals surface area contributed by atoms with Crippen LogP contribution in [0.1, 0.15) is 22.5 Å². The predicted molar refractivity (Wildman–Crippen MR) is 78.0 cm³/mol. The Balaban J connectivity index is 1.44. The number of hydrogen-bond acceptors (Lipinski definition) is 3. The van der Waals surface area contributed by atoms with Gasteiger partial charge in [-0.15, -0.1) is 0 Å². The molecule has 4 heteroatoms. The summed E-state index contributed by atoms with van der Waals surface area (Å²) in [4.78, 5) is 14.1. The molecule has 1 aromatic carbocycles. The minimum atomic E-state index is -0.142. The molecule has 2 heterocycles. The summed E-state index contributed by atoms with van der Waals surface area (Å²) in [6.07, 6.45) is 3.56. The van der Waals surface area contributed by atoms with Crippen LogP contribution in [0, 0.1) is 0 Å². The highest BCUT2D eigenvalue weighted by Crippen LogP contribution is 2.27. The fourth-order valence-corrected chi connectivity index (χ4v) is 2.61. The van der Waals surface area contributed by atoms with Gasteiger partial charge in [-0.1, -0.05) is 18.2 Å². The topological polar surface area (TPSA) is 45.5 Å². The van der Waals surface area contributed by atoms with Crippen LogP contribution in [0.4, 0.5) is 5.69 Å². The third-order valence-corrected chi connectivity index (χ3v) is 3.62. The van der Waals surface area contributed by atoms with Gasteiger partial charge in [-0.2, -0.15) is 0 Å². The van der Waals surface area contributed by atoms with Crippen LogP contribution in [0.3, 0.4) is 0 Å². The van der Waals surface area contributed by atoms with Gasteiger partial charge in [-0.05, 0) is 36.6 Å². The Morgan fingerprint density at radius 2 is 2.15 bits per heavy atom. The molecule has 4 nitrogen and oxygen atoms in total. The average molecular weight is 270 g/mol. The first-order chi connectivity index (χ1) is 9.84. The van der Waals surface area contributed by atoms with Gasteiger partial charge in [0.15, 0.2) is 5.76 Å². The molecular formula is C16H18N2O2. The van der Waals surface area contributed by atoms with Crippen LogP contribution in [-0.4, -0.2) is 25.5 Å². The van der Waals surface area contributed by atoms with E-state index in [0.717, 1.165) is 25.9 Å². The molecule has 0 bridgehead atoms. The zero-order valence-electron chi connectivity index (χ0n) is 11.3. The van der Waals surface area contributed by atoms with Crippen molar-refractivity contribution in [1.29, 1.82) is 0 Å². The Kier molecular flexibility index (Phi) is 3.72. The van der Waals surface area contributed by atoms with E-state index in [1.54, 1.807) is 12.1 Å². The van der Waals surface area contributed by atoms with Crippen molar-refractivity contribution in [3.05, 3.63) is 54.0 Å². The van der Waals surface area contributed by atoms with Crippen molar-refractivity contribution in [2.24, 2.45) is 0 Å². The maximum atomic E-state index is 11.7. The molecule has 3 rings (SSSR count). The summed E-state index contributed by atoms with van der Waals surface area (Å²) >= 11 is 0. The molecule has 0 radical (unpaired) electrons. The fourth-order valence-electron chi connectivity index (χ4n) is 2.61. The number of carbonyl (C=O) groups excluding carboxylic acids is 1. The summed E-state index contributed by atoms with van der Waals surface area (Å²) < 4.78 is 5.05. The van der Waals surface area contributed by atoms with Crippen molar-refractivity contribution in [1.82, 2.24) is 5.32 Å². The van der Waals surface area contributed by atoms with Gasteiger partial charge in [0.1, 0.15) is 0 Å². The maximum Gasteiger partial charge on any atom is 0.286 e. The van der Waals surface area contributed by atoms with Gasteiger partial charge in [-0.25, -0.2) is 0 Å². The van der Waals surface area contributed by atoms with Crippen molar-refractivity contribution in [3.8, 4) is 0 Å². The van der Waals surface area contributed by atoms with Gasteiger partial charge >= 0.3 is 0 Å². The molecule has 1 aromatic heterocycles. The van der Waals surface area contributed by atoms with Crippen LogP contribution in [0.15, 0.2) is 47.1 Å². The van der Waals surface area contributed by atoms with E-state index in [0.29, 0.717) is 12.3 Å². The van der Waals surface area contributed by atoms with Crippen molar-refractivity contribution in [2.45, 2.75) is 12.8 Å². The molecule has 0 saturated carbocycles. The first kappa shape index (κ1) is 12.8. The molecule has 2 aromatic rings. The molecule has 0 unspecified atom stereocenters. The van der Waals surface area contributed by atoms with E-state index < -0.39 is 0 Å². The van der Waals surface area contributed by atoms with E-state index in [1.807, 2.05) is 0 Å².